The van der Waals surface area contributed by atoms with Crippen molar-refractivity contribution in [3.63, 3.8) is 0 Å². The molecule has 6 heteroatoms. The molecule has 118 valence electrons. The molecule has 1 N–H and O–H groups in total. The van der Waals surface area contributed by atoms with Gasteiger partial charge in [-0.05, 0) is 24.1 Å². The highest BCUT2D eigenvalue weighted by Gasteiger charge is 2.17. The zero-order chi connectivity index (χ0) is 16.4. The summed E-state index contributed by atoms with van der Waals surface area (Å²) in [6.07, 6.45) is 4.10. The molecule has 0 aliphatic heterocycles. The first-order chi connectivity index (χ1) is 11.1. The van der Waals surface area contributed by atoms with E-state index in [-0.39, 0.29) is 11.4 Å². The number of fused-ring (bicyclic) bond motifs is 1. The zero-order valence-corrected chi connectivity index (χ0v) is 12.7. The average molecular weight is 313 g/mol. The number of aromatic nitrogens is 3. The third-order valence-electron chi connectivity index (χ3n) is 3.72. The maximum atomic E-state index is 14.2. The highest BCUT2D eigenvalue weighted by Crippen LogP contribution is 2.24. The van der Waals surface area contributed by atoms with Crippen molar-refractivity contribution in [2.45, 2.75) is 26.3 Å². The Kier molecular flexibility index (Phi) is 4.06. The van der Waals surface area contributed by atoms with E-state index in [1.165, 1.54) is 24.5 Å². The number of aromatic carboxylic acids is 1. The van der Waals surface area contributed by atoms with Crippen LogP contribution in [-0.4, -0.2) is 25.8 Å². The summed E-state index contributed by atoms with van der Waals surface area (Å²) in [6, 6.07) is 6.32. The van der Waals surface area contributed by atoms with E-state index >= 15 is 0 Å². The number of nitrogens with zero attached hydrogens (tertiary/aromatic N) is 3. The van der Waals surface area contributed by atoms with E-state index in [9.17, 15) is 14.3 Å². The molecule has 3 aromatic rings. The number of pyridine rings is 1. The molecule has 3 rings (SSSR count). The van der Waals surface area contributed by atoms with Crippen molar-refractivity contribution in [1.82, 2.24) is 14.8 Å². The van der Waals surface area contributed by atoms with E-state index < -0.39 is 5.97 Å². The van der Waals surface area contributed by atoms with Gasteiger partial charge in [0.25, 0.3) is 0 Å². The molecule has 0 saturated carbocycles. The van der Waals surface area contributed by atoms with Crippen LogP contribution < -0.4 is 0 Å². The minimum atomic E-state index is -1.01. The van der Waals surface area contributed by atoms with Crippen LogP contribution in [0.3, 0.4) is 0 Å². The number of aryl methyl sites for hydroxylation is 1. The SMILES string of the molecule is CCCn1nc(Cc2cnccc2C(=O)O)c2cccc(F)c21. The van der Waals surface area contributed by atoms with Crippen molar-refractivity contribution in [2.24, 2.45) is 0 Å². The van der Waals surface area contributed by atoms with Gasteiger partial charge in [0.15, 0.2) is 0 Å². The minimum absolute atomic E-state index is 0.189. The van der Waals surface area contributed by atoms with Gasteiger partial charge in [-0.1, -0.05) is 19.1 Å². The van der Waals surface area contributed by atoms with Gasteiger partial charge in [-0.15, -0.1) is 0 Å². The van der Waals surface area contributed by atoms with Crippen molar-refractivity contribution in [3.05, 3.63) is 59.3 Å². The number of halogens is 1. The first-order valence-electron chi connectivity index (χ1n) is 7.42. The van der Waals surface area contributed by atoms with E-state index in [4.69, 9.17) is 0 Å². The van der Waals surface area contributed by atoms with Crippen molar-refractivity contribution >= 4 is 16.9 Å². The van der Waals surface area contributed by atoms with Gasteiger partial charge >= 0.3 is 5.97 Å². The second-order valence-corrected chi connectivity index (χ2v) is 5.32. The van der Waals surface area contributed by atoms with E-state index in [0.717, 1.165) is 6.42 Å². The number of benzene rings is 1. The molecule has 0 amide bonds. The second-order valence-electron chi connectivity index (χ2n) is 5.32. The molecule has 0 aliphatic carbocycles. The van der Waals surface area contributed by atoms with Gasteiger partial charge in [0.2, 0.25) is 0 Å². The lowest BCUT2D eigenvalue weighted by Gasteiger charge is -2.03. The Morgan fingerprint density at radius 2 is 2.17 bits per heavy atom. The fraction of sp³-hybridized carbons (Fsp3) is 0.235. The maximum absolute atomic E-state index is 14.2. The van der Waals surface area contributed by atoms with Crippen LogP contribution in [0, 0.1) is 5.82 Å². The number of carboxylic acid groups (broad SMARTS) is 1. The molecule has 0 atom stereocenters. The summed E-state index contributed by atoms with van der Waals surface area (Å²) >= 11 is 0. The third-order valence-corrected chi connectivity index (χ3v) is 3.72. The molecule has 1 aromatic carbocycles. The van der Waals surface area contributed by atoms with Crippen LogP contribution in [-0.2, 0) is 13.0 Å². The summed E-state index contributed by atoms with van der Waals surface area (Å²) < 4.78 is 15.8. The van der Waals surface area contributed by atoms with Crippen LogP contribution in [0.15, 0.2) is 36.7 Å². The monoisotopic (exact) mass is 313 g/mol. The summed E-state index contributed by atoms with van der Waals surface area (Å²) in [5, 5.41) is 14.5. The van der Waals surface area contributed by atoms with Gasteiger partial charge in [-0.25, -0.2) is 9.18 Å². The van der Waals surface area contributed by atoms with E-state index in [2.05, 4.69) is 10.1 Å². The number of para-hydroxylation sites is 1. The minimum Gasteiger partial charge on any atom is -0.478 e. The van der Waals surface area contributed by atoms with Crippen molar-refractivity contribution < 1.29 is 14.3 Å². The number of hydrogen-bond acceptors (Lipinski definition) is 3. The summed E-state index contributed by atoms with van der Waals surface area (Å²) in [4.78, 5) is 15.3. The Balaban J connectivity index is 2.11. The molecule has 0 bridgehead atoms. The fourth-order valence-electron chi connectivity index (χ4n) is 2.72. The number of carboxylic acids is 1. The third kappa shape index (κ3) is 2.79. The quantitative estimate of drug-likeness (QED) is 0.785. The van der Waals surface area contributed by atoms with Crippen LogP contribution in [0.1, 0.15) is 35.0 Å². The molecule has 0 saturated heterocycles. The molecule has 0 unspecified atom stereocenters. The lowest BCUT2D eigenvalue weighted by molar-refractivity contribution is 0.0695. The summed E-state index contributed by atoms with van der Waals surface area (Å²) in [7, 11) is 0. The van der Waals surface area contributed by atoms with Crippen molar-refractivity contribution in [2.75, 3.05) is 0 Å². The van der Waals surface area contributed by atoms with E-state index in [1.807, 2.05) is 13.0 Å². The smallest absolute Gasteiger partial charge is 0.336 e. The lowest BCUT2D eigenvalue weighted by atomic mass is 10.0. The second kappa shape index (κ2) is 6.16. The molecule has 0 spiro atoms. The highest BCUT2D eigenvalue weighted by atomic mass is 19.1. The van der Waals surface area contributed by atoms with Crippen LogP contribution in [0.25, 0.3) is 10.9 Å². The molecular weight excluding hydrogens is 297 g/mol. The standard InChI is InChI=1S/C17H16FN3O2/c1-2-8-21-16-13(4-3-5-14(16)18)15(20-21)9-11-10-19-7-6-12(11)17(22)23/h3-7,10H,2,8-9H2,1H3,(H,22,23). The first-order valence-corrected chi connectivity index (χ1v) is 7.42. The van der Waals surface area contributed by atoms with Crippen molar-refractivity contribution in [1.29, 1.82) is 0 Å². The molecule has 2 heterocycles. The van der Waals surface area contributed by atoms with Gasteiger partial charge in [0.1, 0.15) is 11.3 Å². The summed E-state index contributed by atoms with van der Waals surface area (Å²) in [5.74, 6) is -1.33. The van der Waals surface area contributed by atoms with E-state index in [1.54, 1.807) is 10.7 Å². The van der Waals surface area contributed by atoms with Gasteiger partial charge < -0.3 is 5.11 Å². The van der Waals surface area contributed by atoms with Crippen LogP contribution >= 0.6 is 0 Å². The van der Waals surface area contributed by atoms with Gasteiger partial charge in [-0.2, -0.15) is 5.10 Å². The Morgan fingerprint density at radius 3 is 2.91 bits per heavy atom. The van der Waals surface area contributed by atoms with Gasteiger partial charge in [0.05, 0.1) is 11.3 Å². The molecular formula is C17H16FN3O2. The van der Waals surface area contributed by atoms with Crippen LogP contribution in [0.5, 0.6) is 0 Å². The number of hydrogen-bond donors (Lipinski definition) is 1. The van der Waals surface area contributed by atoms with E-state index in [0.29, 0.717) is 35.1 Å². The van der Waals surface area contributed by atoms with Gasteiger partial charge in [-0.3, -0.25) is 9.67 Å². The largest absolute Gasteiger partial charge is 0.478 e. The number of carbonyl (C=O) groups is 1. The normalized spacial score (nSPS) is 11.0. The number of rotatable bonds is 5. The Labute approximate surface area is 132 Å². The lowest BCUT2D eigenvalue weighted by Crippen LogP contribution is -2.05. The molecule has 0 fully saturated rings. The molecule has 0 radical (unpaired) electrons. The predicted octanol–water partition coefficient (Wildman–Crippen LogP) is 3.27. The molecule has 2 aromatic heterocycles. The van der Waals surface area contributed by atoms with Gasteiger partial charge in [0, 0.05) is 30.7 Å². The maximum Gasteiger partial charge on any atom is 0.336 e. The Morgan fingerprint density at radius 1 is 1.35 bits per heavy atom. The molecule has 0 aliphatic rings. The molecule has 5 nitrogen and oxygen atoms in total. The predicted molar refractivity (Wildman–Crippen MR) is 84.0 cm³/mol. The van der Waals surface area contributed by atoms with Crippen LogP contribution in [0.2, 0.25) is 0 Å². The Hall–Kier alpha value is -2.76. The summed E-state index contributed by atoms with van der Waals surface area (Å²) in [5.41, 5.74) is 1.87. The fourth-order valence-corrected chi connectivity index (χ4v) is 2.72. The first kappa shape index (κ1) is 15.1. The molecule has 23 heavy (non-hydrogen) atoms. The highest BCUT2D eigenvalue weighted by molar-refractivity contribution is 5.90. The van der Waals surface area contributed by atoms with Crippen LogP contribution in [0.4, 0.5) is 4.39 Å². The van der Waals surface area contributed by atoms with Crippen molar-refractivity contribution in [3.8, 4) is 0 Å². The topological polar surface area (TPSA) is 68.0 Å². The zero-order valence-electron chi connectivity index (χ0n) is 12.7. The average Bonchev–Trinajstić information content (AvgIpc) is 2.87. The summed E-state index contributed by atoms with van der Waals surface area (Å²) in [6.45, 7) is 2.61. The Bertz CT molecular complexity index is 873.